The van der Waals surface area contributed by atoms with Crippen molar-refractivity contribution in [2.24, 2.45) is 0 Å². The molecule has 0 bridgehead atoms. The van der Waals surface area contributed by atoms with E-state index in [0.29, 0.717) is 6.04 Å². The monoisotopic (exact) mass is 250 g/mol. The summed E-state index contributed by atoms with van der Waals surface area (Å²) in [4.78, 5) is 2.43. The molecule has 1 aromatic rings. The van der Waals surface area contributed by atoms with E-state index in [1.165, 1.54) is 11.1 Å². The molecule has 0 saturated heterocycles. The van der Waals surface area contributed by atoms with Crippen molar-refractivity contribution < 1.29 is 4.74 Å². The molecule has 1 aromatic carbocycles. The molecule has 1 rings (SSSR count). The van der Waals surface area contributed by atoms with Crippen molar-refractivity contribution in [3.63, 3.8) is 0 Å². The van der Waals surface area contributed by atoms with Crippen molar-refractivity contribution in [1.82, 2.24) is 10.2 Å². The molecule has 0 spiro atoms. The normalized spacial score (nSPS) is 11.4. The number of rotatable bonds is 8. The van der Waals surface area contributed by atoms with Crippen LogP contribution in [0.4, 0.5) is 0 Å². The van der Waals surface area contributed by atoms with Gasteiger partial charge in [-0.2, -0.15) is 0 Å². The third kappa shape index (κ3) is 5.17. The summed E-state index contributed by atoms with van der Waals surface area (Å²) in [6.07, 6.45) is 0. The maximum atomic E-state index is 5.17. The van der Waals surface area contributed by atoms with Gasteiger partial charge in [-0.3, -0.25) is 4.90 Å². The van der Waals surface area contributed by atoms with Crippen LogP contribution in [0.1, 0.15) is 25.0 Å². The summed E-state index contributed by atoms with van der Waals surface area (Å²) >= 11 is 0. The first-order chi connectivity index (χ1) is 8.67. The van der Waals surface area contributed by atoms with E-state index >= 15 is 0 Å². The van der Waals surface area contributed by atoms with E-state index in [4.69, 9.17) is 4.74 Å². The van der Waals surface area contributed by atoms with Crippen molar-refractivity contribution >= 4 is 0 Å². The molecule has 3 nitrogen and oxygen atoms in total. The van der Waals surface area contributed by atoms with Crippen molar-refractivity contribution in [2.75, 3.05) is 27.3 Å². The van der Waals surface area contributed by atoms with Crippen LogP contribution in [0, 0.1) is 0 Å². The van der Waals surface area contributed by atoms with Gasteiger partial charge in [-0.15, -0.1) is 0 Å². The Morgan fingerprint density at radius 3 is 2.61 bits per heavy atom. The Morgan fingerprint density at radius 1 is 1.28 bits per heavy atom. The third-order valence-electron chi connectivity index (χ3n) is 3.07. The van der Waals surface area contributed by atoms with E-state index in [1.807, 2.05) is 7.05 Å². The van der Waals surface area contributed by atoms with Crippen LogP contribution in [0.15, 0.2) is 24.3 Å². The van der Waals surface area contributed by atoms with Gasteiger partial charge < -0.3 is 10.1 Å². The molecule has 0 amide bonds. The van der Waals surface area contributed by atoms with Gasteiger partial charge in [-0.05, 0) is 32.0 Å². The first-order valence-corrected chi connectivity index (χ1v) is 6.62. The zero-order chi connectivity index (χ0) is 13.4. The van der Waals surface area contributed by atoms with Gasteiger partial charge in [0.2, 0.25) is 0 Å². The zero-order valence-corrected chi connectivity index (χ0v) is 12.1. The summed E-state index contributed by atoms with van der Waals surface area (Å²) in [6.45, 7) is 8.13. The molecule has 0 radical (unpaired) electrons. The molecule has 0 aliphatic carbocycles. The summed E-state index contributed by atoms with van der Waals surface area (Å²) in [5, 5.41) is 3.19. The average Bonchev–Trinajstić information content (AvgIpc) is 2.35. The van der Waals surface area contributed by atoms with Gasteiger partial charge >= 0.3 is 0 Å². The Bertz CT molecular complexity index is 339. The fraction of sp³-hybridized carbons (Fsp3) is 0.600. The highest BCUT2D eigenvalue weighted by atomic mass is 16.5. The fourth-order valence-electron chi connectivity index (χ4n) is 2.00. The summed E-state index contributed by atoms with van der Waals surface area (Å²) in [5.41, 5.74) is 2.71. The highest BCUT2D eigenvalue weighted by molar-refractivity contribution is 5.23. The van der Waals surface area contributed by atoms with Crippen LogP contribution >= 0.6 is 0 Å². The Balaban J connectivity index is 2.64. The molecule has 0 unspecified atom stereocenters. The first-order valence-electron chi connectivity index (χ1n) is 6.62. The zero-order valence-electron chi connectivity index (χ0n) is 12.1. The molecule has 0 aromatic heterocycles. The number of ether oxygens (including phenoxy) is 1. The van der Waals surface area contributed by atoms with Crippen LogP contribution in [-0.2, 0) is 17.8 Å². The lowest BCUT2D eigenvalue weighted by Crippen LogP contribution is -2.33. The van der Waals surface area contributed by atoms with E-state index in [2.05, 4.69) is 48.3 Å². The molecule has 3 heteroatoms. The lowest BCUT2D eigenvalue weighted by atomic mass is 10.1. The molecule has 18 heavy (non-hydrogen) atoms. The van der Waals surface area contributed by atoms with Crippen molar-refractivity contribution in [1.29, 1.82) is 0 Å². The Labute approximate surface area is 111 Å². The molecule has 102 valence electrons. The van der Waals surface area contributed by atoms with Crippen LogP contribution in [0.3, 0.4) is 0 Å². The second kappa shape index (κ2) is 8.25. The number of hydrogen-bond acceptors (Lipinski definition) is 3. The van der Waals surface area contributed by atoms with Crippen LogP contribution in [-0.4, -0.2) is 38.3 Å². The minimum atomic E-state index is 0.535. The summed E-state index contributed by atoms with van der Waals surface area (Å²) in [7, 11) is 3.73. The van der Waals surface area contributed by atoms with Gasteiger partial charge in [0, 0.05) is 32.8 Å². The smallest absolute Gasteiger partial charge is 0.0589 e. The maximum absolute atomic E-state index is 5.17. The topological polar surface area (TPSA) is 24.5 Å². The third-order valence-corrected chi connectivity index (χ3v) is 3.07. The van der Waals surface area contributed by atoms with E-state index in [9.17, 15) is 0 Å². The largest absolute Gasteiger partial charge is 0.383 e. The molecular weight excluding hydrogens is 224 g/mol. The number of benzene rings is 1. The SMILES string of the molecule is CNCc1cccc(CN(CCOC)C(C)C)c1. The summed E-state index contributed by atoms with van der Waals surface area (Å²) in [5.74, 6) is 0. The number of nitrogens with one attached hydrogen (secondary N) is 1. The van der Waals surface area contributed by atoms with Crippen molar-refractivity contribution in [3.05, 3.63) is 35.4 Å². The molecule has 0 aliphatic rings. The molecular formula is C15H26N2O. The van der Waals surface area contributed by atoms with Crippen molar-refractivity contribution in [3.8, 4) is 0 Å². The van der Waals surface area contributed by atoms with Crippen molar-refractivity contribution in [2.45, 2.75) is 33.0 Å². The molecule has 0 fully saturated rings. The van der Waals surface area contributed by atoms with E-state index in [-0.39, 0.29) is 0 Å². The van der Waals surface area contributed by atoms with E-state index < -0.39 is 0 Å². The first kappa shape index (κ1) is 15.2. The van der Waals surface area contributed by atoms with Gasteiger partial charge in [-0.25, -0.2) is 0 Å². The minimum Gasteiger partial charge on any atom is -0.383 e. The Morgan fingerprint density at radius 2 is 2.00 bits per heavy atom. The van der Waals surface area contributed by atoms with Gasteiger partial charge in [-0.1, -0.05) is 24.3 Å². The molecule has 0 heterocycles. The predicted octanol–water partition coefficient (Wildman–Crippen LogP) is 2.26. The number of nitrogens with zero attached hydrogens (tertiary/aromatic N) is 1. The summed E-state index contributed by atoms with van der Waals surface area (Å²) < 4.78 is 5.17. The van der Waals surface area contributed by atoms with Gasteiger partial charge in [0.15, 0.2) is 0 Å². The van der Waals surface area contributed by atoms with Gasteiger partial charge in [0.05, 0.1) is 6.61 Å². The summed E-state index contributed by atoms with van der Waals surface area (Å²) in [6, 6.07) is 9.30. The van der Waals surface area contributed by atoms with Crippen LogP contribution in [0.25, 0.3) is 0 Å². The lowest BCUT2D eigenvalue weighted by Gasteiger charge is -2.26. The highest BCUT2D eigenvalue weighted by Gasteiger charge is 2.09. The molecule has 0 aliphatic heterocycles. The molecule has 0 atom stereocenters. The predicted molar refractivity (Wildman–Crippen MR) is 76.6 cm³/mol. The average molecular weight is 250 g/mol. The van der Waals surface area contributed by atoms with Crippen LogP contribution in [0.2, 0.25) is 0 Å². The lowest BCUT2D eigenvalue weighted by molar-refractivity contribution is 0.125. The number of methoxy groups -OCH3 is 1. The minimum absolute atomic E-state index is 0.535. The standard InChI is InChI=1S/C15H26N2O/c1-13(2)17(8-9-18-4)12-15-7-5-6-14(10-15)11-16-3/h5-7,10,13,16H,8-9,11-12H2,1-4H3. The van der Waals surface area contributed by atoms with Gasteiger partial charge in [0.25, 0.3) is 0 Å². The Hall–Kier alpha value is -0.900. The molecule has 1 N–H and O–H groups in total. The molecule has 0 saturated carbocycles. The highest BCUT2D eigenvalue weighted by Crippen LogP contribution is 2.10. The Kier molecular flexibility index (Phi) is 6.94. The van der Waals surface area contributed by atoms with E-state index in [1.54, 1.807) is 7.11 Å². The quantitative estimate of drug-likeness (QED) is 0.766. The number of hydrogen-bond donors (Lipinski definition) is 1. The van der Waals surface area contributed by atoms with Crippen LogP contribution in [0.5, 0.6) is 0 Å². The van der Waals surface area contributed by atoms with Crippen LogP contribution < -0.4 is 5.32 Å². The van der Waals surface area contributed by atoms with Gasteiger partial charge in [0.1, 0.15) is 0 Å². The second-order valence-electron chi connectivity index (χ2n) is 4.91. The maximum Gasteiger partial charge on any atom is 0.0589 e. The van der Waals surface area contributed by atoms with E-state index in [0.717, 1.165) is 26.2 Å². The fourth-order valence-corrected chi connectivity index (χ4v) is 2.00. The second-order valence-corrected chi connectivity index (χ2v) is 4.91.